The summed E-state index contributed by atoms with van der Waals surface area (Å²) >= 11 is 0. The average molecular weight is 485 g/mol. The Morgan fingerprint density at radius 3 is 1.50 bits per heavy atom. The first kappa shape index (κ1) is 25.2. The first-order valence-corrected chi connectivity index (χ1v) is 13.5. The molecule has 32 heavy (non-hydrogen) atoms. The van der Waals surface area contributed by atoms with Crippen LogP contribution < -0.4 is 16.3 Å². The van der Waals surface area contributed by atoms with Gasteiger partial charge in [-0.05, 0) is 48.5 Å². The molecule has 2 N–H and O–H groups in total. The van der Waals surface area contributed by atoms with Crippen LogP contribution in [-0.2, 0) is 17.1 Å². The molecule has 3 aromatic carbocycles. The van der Waals surface area contributed by atoms with Crippen molar-refractivity contribution in [1.82, 2.24) is 0 Å². The van der Waals surface area contributed by atoms with Gasteiger partial charge in [-0.3, -0.25) is 0 Å². The number of benzene rings is 3. The van der Waals surface area contributed by atoms with E-state index in [2.05, 4.69) is 91.0 Å². The van der Waals surface area contributed by atoms with Crippen molar-refractivity contribution in [3.8, 4) is 0 Å². The van der Waals surface area contributed by atoms with Crippen LogP contribution in [0.3, 0.4) is 0 Å². The molecule has 2 aliphatic carbocycles. The Balaban J connectivity index is 0.000000427. The molecule has 3 atom stereocenters. The van der Waals surface area contributed by atoms with Gasteiger partial charge in [0.05, 0.1) is 0 Å². The van der Waals surface area contributed by atoms with Crippen molar-refractivity contribution in [2.75, 3.05) is 0 Å². The van der Waals surface area contributed by atoms with E-state index in [1.165, 1.54) is 67.5 Å². The second-order valence-corrected chi connectivity index (χ2v) is 11.3. The zero-order chi connectivity index (χ0) is 21.3. The van der Waals surface area contributed by atoms with Gasteiger partial charge in [0.25, 0.3) is 0 Å². The zero-order valence-corrected chi connectivity index (χ0v) is 20.9. The predicted octanol–water partition coefficient (Wildman–Crippen LogP) is 6.94. The van der Waals surface area contributed by atoms with E-state index in [-0.39, 0.29) is 23.1 Å². The number of rotatable bonds is 5. The molecule has 2 aliphatic rings. The van der Waals surface area contributed by atoms with Gasteiger partial charge in [-0.15, -0.1) is 0 Å². The maximum atomic E-state index is 6.80. The summed E-state index contributed by atoms with van der Waals surface area (Å²) in [6, 6.07) is 33.0. The Bertz CT molecular complexity index is 836. The molecule has 3 heteroatoms. The van der Waals surface area contributed by atoms with E-state index >= 15 is 0 Å². The number of hydrogen-bond acceptors (Lipinski definition) is 1. The second kappa shape index (κ2) is 13.3. The van der Waals surface area contributed by atoms with Crippen LogP contribution in [0.15, 0.2) is 91.0 Å². The van der Waals surface area contributed by atoms with Crippen molar-refractivity contribution in [3.05, 3.63) is 96.6 Å². The Morgan fingerprint density at radius 1 is 0.594 bits per heavy atom. The van der Waals surface area contributed by atoms with E-state index in [1.807, 2.05) is 0 Å². The van der Waals surface area contributed by atoms with Gasteiger partial charge >= 0.3 is 0 Å². The van der Waals surface area contributed by atoms with Crippen LogP contribution in [0.4, 0.5) is 0 Å². The minimum Gasteiger partial charge on any atom is -0.324 e. The Kier molecular flexibility index (Phi) is 10.5. The third-order valence-corrected chi connectivity index (χ3v) is 9.84. The van der Waals surface area contributed by atoms with Gasteiger partial charge in [0.15, 0.2) is 0 Å². The summed E-state index contributed by atoms with van der Waals surface area (Å²) in [5, 5.41) is 2.96. The Morgan fingerprint density at radius 2 is 1.03 bits per heavy atom. The van der Waals surface area contributed by atoms with Gasteiger partial charge in [0.1, 0.15) is 0 Å². The molecule has 1 nitrogen and oxygen atoms in total. The van der Waals surface area contributed by atoms with Crippen molar-refractivity contribution in [3.63, 3.8) is 0 Å². The third-order valence-electron chi connectivity index (χ3n) is 6.83. The van der Waals surface area contributed by atoms with Crippen molar-refractivity contribution in [1.29, 1.82) is 0 Å². The summed E-state index contributed by atoms with van der Waals surface area (Å²) in [5.74, 6) is 0.545. The standard InChI is InChI=1S/C24H26NP.C5H10.Fe/c25-24(19-11-4-1-5-12-19)22-17-10-18-23(22)26(20-13-6-2-7-14-20)21-15-8-3-9-16-21;1-2-4-5-3-1;/h1-9,11-16,22-24H,10,17-18,25H2;1-5H2;. The van der Waals surface area contributed by atoms with Crippen molar-refractivity contribution >= 4 is 18.5 Å². The first-order valence-electron chi connectivity index (χ1n) is 12.0. The van der Waals surface area contributed by atoms with Crippen LogP contribution in [0.25, 0.3) is 0 Å². The smallest absolute Gasteiger partial charge is 0.0329 e. The predicted molar refractivity (Wildman–Crippen MR) is 137 cm³/mol. The van der Waals surface area contributed by atoms with Gasteiger partial charge in [-0.25, -0.2) is 0 Å². The fourth-order valence-corrected chi connectivity index (χ4v) is 8.43. The molecule has 3 aromatic rings. The first-order chi connectivity index (χ1) is 15.3. The molecule has 3 unspecified atom stereocenters. The molecule has 0 aliphatic heterocycles. The normalized spacial score (nSPS) is 20.8. The fourth-order valence-electron chi connectivity index (χ4n) is 5.22. The molecular weight excluding hydrogens is 449 g/mol. The molecule has 2 fully saturated rings. The largest absolute Gasteiger partial charge is 0.324 e. The average Bonchev–Trinajstić information content (AvgIpc) is 3.57. The van der Waals surface area contributed by atoms with Gasteiger partial charge in [0, 0.05) is 23.1 Å². The number of hydrogen-bond donors (Lipinski definition) is 1. The van der Waals surface area contributed by atoms with Crippen LogP contribution >= 0.6 is 7.92 Å². The van der Waals surface area contributed by atoms with E-state index in [1.54, 1.807) is 0 Å². The monoisotopic (exact) mass is 485 g/mol. The van der Waals surface area contributed by atoms with Crippen molar-refractivity contribution < 1.29 is 17.1 Å². The van der Waals surface area contributed by atoms with Gasteiger partial charge in [-0.2, -0.15) is 0 Å². The SMILES string of the molecule is C1CCCC1.NC(c1ccccc1)C1CCCC1P(c1ccccc1)c1ccccc1.[Fe]. The third kappa shape index (κ3) is 6.55. The van der Waals surface area contributed by atoms with Gasteiger partial charge in [0.2, 0.25) is 0 Å². The maximum absolute atomic E-state index is 6.80. The topological polar surface area (TPSA) is 26.0 Å². The van der Waals surface area contributed by atoms with Crippen LogP contribution in [0.1, 0.15) is 63.0 Å². The molecule has 0 amide bonds. The quantitative estimate of drug-likeness (QED) is 0.308. The molecule has 0 heterocycles. The maximum Gasteiger partial charge on any atom is 0.0329 e. The summed E-state index contributed by atoms with van der Waals surface area (Å²) in [7, 11) is -0.394. The fraction of sp³-hybridized carbons (Fsp3) is 0.379. The summed E-state index contributed by atoms with van der Waals surface area (Å²) in [6.07, 6.45) is 11.3. The zero-order valence-electron chi connectivity index (χ0n) is 18.9. The molecule has 5 rings (SSSR count). The van der Waals surface area contributed by atoms with Crippen LogP contribution in [-0.4, -0.2) is 5.66 Å². The van der Waals surface area contributed by atoms with Gasteiger partial charge in [-0.1, -0.05) is 130 Å². The molecule has 0 spiro atoms. The molecule has 2 saturated carbocycles. The Hall–Kier alpha value is -1.43. The van der Waals surface area contributed by atoms with E-state index in [0.717, 1.165) is 0 Å². The van der Waals surface area contributed by atoms with E-state index in [0.29, 0.717) is 11.6 Å². The summed E-state index contributed by atoms with van der Waals surface area (Å²) < 4.78 is 0. The molecular formula is C29H36FeNP. The minimum absolute atomic E-state index is 0. The molecule has 0 aromatic heterocycles. The van der Waals surface area contributed by atoms with E-state index in [4.69, 9.17) is 5.73 Å². The van der Waals surface area contributed by atoms with E-state index in [9.17, 15) is 0 Å². The Labute approximate surface area is 206 Å². The van der Waals surface area contributed by atoms with Crippen LogP contribution in [0, 0.1) is 5.92 Å². The summed E-state index contributed by atoms with van der Waals surface area (Å²) in [6.45, 7) is 0. The van der Waals surface area contributed by atoms with Crippen LogP contribution in [0.5, 0.6) is 0 Å². The second-order valence-electron chi connectivity index (χ2n) is 8.91. The van der Waals surface area contributed by atoms with Crippen molar-refractivity contribution in [2.45, 2.75) is 63.1 Å². The molecule has 0 radical (unpaired) electrons. The number of nitrogens with two attached hydrogens (primary N) is 1. The van der Waals surface area contributed by atoms with Crippen LogP contribution in [0.2, 0.25) is 0 Å². The summed E-state index contributed by atoms with van der Waals surface area (Å²) in [4.78, 5) is 0. The molecule has 0 saturated heterocycles. The molecule has 0 bridgehead atoms. The summed E-state index contributed by atoms with van der Waals surface area (Å²) in [5.41, 5.74) is 8.72. The van der Waals surface area contributed by atoms with Gasteiger partial charge < -0.3 is 5.73 Å². The van der Waals surface area contributed by atoms with E-state index < -0.39 is 7.92 Å². The minimum atomic E-state index is -0.394. The molecule has 170 valence electrons. The van der Waals surface area contributed by atoms with Crippen molar-refractivity contribution in [2.24, 2.45) is 11.7 Å².